The fourth-order valence-corrected chi connectivity index (χ4v) is 3.27. The lowest BCUT2D eigenvalue weighted by Gasteiger charge is -2.19. The van der Waals surface area contributed by atoms with Gasteiger partial charge in [0, 0.05) is 17.5 Å². The first-order valence-electron chi connectivity index (χ1n) is 9.81. The summed E-state index contributed by atoms with van der Waals surface area (Å²) in [5.41, 5.74) is 14.4. The molecule has 32 heavy (non-hydrogen) atoms. The highest BCUT2D eigenvalue weighted by Crippen LogP contribution is 2.32. The molecule has 0 aliphatic heterocycles. The van der Waals surface area contributed by atoms with Crippen LogP contribution in [0, 0.1) is 5.41 Å². The number of aliphatic hydroxyl groups is 1. The van der Waals surface area contributed by atoms with Crippen molar-refractivity contribution in [2.24, 2.45) is 15.7 Å². The molecule has 0 aromatic heterocycles. The van der Waals surface area contributed by atoms with Crippen LogP contribution in [0.5, 0.6) is 11.5 Å². The number of hydrogen-bond acceptors (Lipinski definition) is 6. The Balaban J connectivity index is 1.79. The first kappa shape index (κ1) is 23.2. The van der Waals surface area contributed by atoms with Crippen LogP contribution in [0.2, 0.25) is 5.02 Å². The van der Waals surface area contributed by atoms with E-state index in [1.165, 1.54) is 7.11 Å². The Hall–Kier alpha value is -3.46. The summed E-state index contributed by atoms with van der Waals surface area (Å²) in [7, 11) is 7.59. The summed E-state index contributed by atoms with van der Waals surface area (Å²) >= 11 is 6.23. The average Bonchev–Trinajstić information content (AvgIpc) is 2.73. The van der Waals surface area contributed by atoms with Gasteiger partial charge in [-0.1, -0.05) is 17.7 Å². The monoisotopic (exact) mass is 451 g/mol. The Bertz CT molecular complexity index is 1120. The van der Waals surface area contributed by atoms with Crippen LogP contribution in [-0.2, 0) is 0 Å². The fourth-order valence-electron chi connectivity index (χ4n) is 3.00. The number of aliphatic imine (C=N–C) groups is 2. The Labute approximate surface area is 192 Å². The van der Waals surface area contributed by atoms with E-state index < -0.39 is 0 Å². The van der Waals surface area contributed by atoms with Crippen molar-refractivity contribution >= 4 is 48.6 Å². The molecule has 8 nitrogen and oxygen atoms in total. The number of aliphatic hydroxyl groups excluding tert-OH is 1. The van der Waals surface area contributed by atoms with Gasteiger partial charge in [-0.05, 0) is 60.3 Å². The molecule has 0 atom stereocenters. The molecule has 0 saturated heterocycles. The Kier molecular flexibility index (Phi) is 7.43. The molecule has 0 amide bonds. The molecule has 1 aliphatic rings. The van der Waals surface area contributed by atoms with Crippen LogP contribution >= 0.6 is 11.6 Å². The number of nitrogens with one attached hydrogen (secondary N) is 1. The standard InChI is InChI=1S/C22H23BClN5O3/c1-31-19-9-13(5-8-18(19)32-11-17(30)12-3-2-4-12)21(23)29-22(27)28-16-7-6-15(26)14(10-25)20(16)24/h5-10,25,30H,2-4,11,26H2,1H3,(H2,27,28). The molecule has 1 fully saturated rings. The molecule has 1 saturated carbocycles. The van der Waals surface area contributed by atoms with Gasteiger partial charge >= 0.3 is 0 Å². The maximum absolute atomic E-state index is 10.0. The summed E-state index contributed by atoms with van der Waals surface area (Å²) in [6, 6.07) is 8.18. The minimum atomic E-state index is -0.124. The van der Waals surface area contributed by atoms with Gasteiger partial charge in [0.15, 0.2) is 11.5 Å². The molecule has 1 aliphatic carbocycles. The van der Waals surface area contributed by atoms with Crippen molar-refractivity contribution in [3.8, 4) is 11.5 Å². The van der Waals surface area contributed by atoms with Gasteiger partial charge < -0.3 is 31.5 Å². The predicted octanol–water partition coefficient (Wildman–Crippen LogP) is 3.86. The maximum atomic E-state index is 10.0. The zero-order valence-electron chi connectivity index (χ0n) is 17.6. The molecule has 164 valence electrons. The van der Waals surface area contributed by atoms with Gasteiger partial charge in [-0.15, -0.1) is 0 Å². The minimum Gasteiger partial charge on any atom is -0.509 e. The highest BCUT2D eigenvalue weighted by atomic mass is 35.5. The number of benzene rings is 2. The molecule has 0 spiro atoms. The summed E-state index contributed by atoms with van der Waals surface area (Å²) in [6.45, 7) is 0.0777. The van der Waals surface area contributed by atoms with Gasteiger partial charge in [0.2, 0.25) is 5.96 Å². The van der Waals surface area contributed by atoms with Crippen molar-refractivity contribution in [3.63, 3.8) is 0 Å². The van der Waals surface area contributed by atoms with E-state index >= 15 is 0 Å². The number of halogens is 1. The molecule has 0 unspecified atom stereocenters. The summed E-state index contributed by atoms with van der Waals surface area (Å²) in [5, 5.41) is 17.7. The maximum Gasteiger partial charge on any atom is 0.219 e. The fraction of sp³-hybridized carbons (Fsp3) is 0.227. The number of hydrogen-bond donors (Lipinski definition) is 4. The van der Waals surface area contributed by atoms with Gasteiger partial charge in [-0.3, -0.25) is 0 Å². The lowest BCUT2D eigenvalue weighted by atomic mass is 9.91. The second-order valence-corrected chi connectivity index (χ2v) is 7.45. The highest BCUT2D eigenvalue weighted by molar-refractivity contribution is 6.65. The van der Waals surface area contributed by atoms with Gasteiger partial charge in [0.1, 0.15) is 20.2 Å². The normalized spacial score (nSPS) is 14.0. The average molecular weight is 452 g/mol. The van der Waals surface area contributed by atoms with Crippen molar-refractivity contribution in [1.29, 1.82) is 5.41 Å². The third kappa shape index (κ3) is 5.23. The number of nitrogens with zero attached hydrogens (tertiary/aromatic N) is 2. The van der Waals surface area contributed by atoms with Crippen LogP contribution in [0.15, 0.2) is 51.6 Å². The van der Waals surface area contributed by atoms with Crippen molar-refractivity contribution in [3.05, 3.63) is 57.8 Å². The number of nitrogens with two attached hydrogens (primary N) is 2. The molecule has 2 radical (unpaired) electrons. The molecule has 2 aromatic rings. The molecule has 3 rings (SSSR count). The Morgan fingerprint density at radius 2 is 2.03 bits per heavy atom. The van der Waals surface area contributed by atoms with E-state index in [-0.39, 0.29) is 29.0 Å². The zero-order chi connectivity index (χ0) is 23.3. The third-order valence-corrected chi connectivity index (χ3v) is 5.39. The van der Waals surface area contributed by atoms with E-state index in [0.29, 0.717) is 34.0 Å². The van der Waals surface area contributed by atoms with Crippen LogP contribution in [0.1, 0.15) is 30.4 Å². The predicted molar refractivity (Wildman–Crippen MR) is 129 cm³/mol. The zero-order valence-corrected chi connectivity index (χ0v) is 18.3. The van der Waals surface area contributed by atoms with Gasteiger partial charge in [0.05, 0.1) is 17.8 Å². The summed E-state index contributed by atoms with van der Waals surface area (Å²) in [4.78, 5) is 8.27. The van der Waals surface area contributed by atoms with Crippen molar-refractivity contribution in [2.75, 3.05) is 19.5 Å². The summed E-state index contributed by atoms with van der Waals surface area (Å²) in [5.74, 6) is 1.03. The van der Waals surface area contributed by atoms with E-state index in [2.05, 4.69) is 9.98 Å². The second-order valence-electron chi connectivity index (χ2n) is 7.07. The second kappa shape index (κ2) is 10.2. The van der Waals surface area contributed by atoms with Gasteiger partial charge in [0.25, 0.3) is 0 Å². The lowest BCUT2D eigenvalue weighted by molar-refractivity contribution is 0.251. The number of methoxy groups -OCH3 is 1. The number of nitrogen functional groups attached to an aromatic ring is 1. The minimum absolute atomic E-state index is 0.0777. The van der Waals surface area contributed by atoms with Gasteiger partial charge in [-0.2, -0.15) is 0 Å². The summed E-state index contributed by atoms with van der Waals surface area (Å²) < 4.78 is 11.1. The van der Waals surface area contributed by atoms with Gasteiger partial charge in [-0.25, -0.2) is 9.98 Å². The third-order valence-electron chi connectivity index (χ3n) is 5.00. The summed E-state index contributed by atoms with van der Waals surface area (Å²) in [6.07, 6.45) is 3.95. The quantitative estimate of drug-likeness (QED) is 0.166. The SMILES string of the molecule is [B]C(=NC(N)=Nc1ccc(N)c(C=N)c1Cl)c1ccc(OCC(O)=C2CCC2)c(OC)c1. The first-order chi connectivity index (χ1) is 15.3. The highest BCUT2D eigenvalue weighted by Gasteiger charge is 2.15. The number of allylic oxidation sites excluding steroid dienone is 1. The molecule has 2 aromatic carbocycles. The molecular formula is C22H23BClN5O3. The van der Waals surface area contributed by atoms with E-state index in [1.54, 1.807) is 30.3 Å². The first-order valence-corrected chi connectivity index (χ1v) is 10.2. The van der Waals surface area contributed by atoms with E-state index in [0.717, 1.165) is 31.1 Å². The van der Waals surface area contributed by atoms with Crippen LogP contribution < -0.4 is 20.9 Å². The van der Waals surface area contributed by atoms with E-state index in [4.69, 9.17) is 45.8 Å². The number of ether oxygens (including phenoxy) is 2. The number of rotatable bonds is 7. The Morgan fingerprint density at radius 1 is 1.28 bits per heavy atom. The number of guanidine groups is 1. The van der Waals surface area contributed by atoms with Crippen LogP contribution in [0.4, 0.5) is 11.4 Å². The van der Waals surface area contributed by atoms with Crippen LogP contribution in [0.25, 0.3) is 0 Å². The number of anilines is 1. The molecule has 10 heteroatoms. The molecule has 0 bridgehead atoms. The van der Waals surface area contributed by atoms with E-state index in [1.807, 2.05) is 0 Å². The van der Waals surface area contributed by atoms with Crippen LogP contribution in [-0.4, -0.2) is 44.5 Å². The smallest absolute Gasteiger partial charge is 0.219 e. The molecular weight excluding hydrogens is 429 g/mol. The van der Waals surface area contributed by atoms with Crippen molar-refractivity contribution in [2.45, 2.75) is 19.3 Å². The van der Waals surface area contributed by atoms with E-state index in [9.17, 15) is 5.11 Å². The molecule has 6 N–H and O–H groups in total. The Morgan fingerprint density at radius 3 is 2.66 bits per heavy atom. The topological polar surface area (TPSA) is 139 Å². The largest absolute Gasteiger partial charge is 0.509 e. The van der Waals surface area contributed by atoms with Crippen molar-refractivity contribution in [1.82, 2.24) is 0 Å². The lowest BCUT2D eigenvalue weighted by Crippen LogP contribution is -2.13. The molecule has 0 heterocycles. The van der Waals surface area contributed by atoms with Crippen LogP contribution in [0.3, 0.4) is 0 Å². The van der Waals surface area contributed by atoms with Crippen molar-refractivity contribution < 1.29 is 14.6 Å².